The zero-order valence-electron chi connectivity index (χ0n) is 7.01. The van der Waals surface area contributed by atoms with Gasteiger partial charge in [-0.25, -0.2) is 5.90 Å². The van der Waals surface area contributed by atoms with Crippen molar-refractivity contribution in [2.24, 2.45) is 5.90 Å². The number of rotatable bonds is 3. The van der Waals surface area contributed by atoms with E-state index in [1.54, 1.807) is 0 Å². The van der Waals surface area contributed by atoms with E-state index in [9.17, 15) is 0 Å². The zero-order chi connectivity index (χ0) is 8.97. The molecule has 1 rings (SSSR count). The number of hydrogen-bond acceptors (Lipinski definition) is 2. The summed E-state index contributed by atoms with van der Waals surface area (Å²) in [6.07, 6.45) is 0.761. The summed E-state index contributed by atoms with van der Waals surface area (Å²) in [5.74, 6) is 4.92. The van der Waals surface area contributed by atoms with Crippen LogP contribution in [0.5, 0.6) is 0 Å². The van der Waals surface area contributed by atoms with Crippen molar-refractivity contribution in [1.29, 1.82) is 0 Å². The predicted octanol–water partition coefficient (Wildman–Crippen LogP) is 2.08. The minimum absolute atomic E-state index is 0.503. The van der Waals surface area contributed by atoms with Crippen LogP contribution < -0.4 is 5.90 Å². The highest BCUT2D eigenvalue weighted by atomic mass is 35.5. The Morgan fingerprint density at radius 3 is 2.92 bits per heavy atom. The fourth-order valence-corrected chi connectivity index (χ4v) is 1.29. The summed E-state index contributed by atoms with van der Waals surface area (Å²) in [5, 5.41) is 0.814. The van der Waals surface area contributed by atoms with Crippen molar-refractivity contribution in [2.45, 2.75) is 13.3 Å². The van der Waals surface area contributed by atoms with E-state index < -0.39 is 0 Å². The van der Waals surface area contributed by atoms with Crippen LogP contribution in [0.3, 0.4) is 0 Å². The van der Waals surface area contributed by atoms with E-state index in [0.717, 1.165) is 22.6 Å². The van der Waals surface area contributed by atoms with E-state index in [0.29, 0.717) is 6.61 Å². The smallest absolute Gasteiger partial charge is 0.0720 e. The van der Waals surface area contributed by atoms with Gasteiger partial charge in [-0.15, -0.1) is 0 Å². The largest absolute Gasteiger partial charge is 0.304 e. The molecule has 3 heteroatoms. The van der Waals surface area contributed by atoms with Gasteiger partial charge in [-0.2, -0.15) is 0 Å². The lowest BCUT2D eigenvalue weighted by molar-refractivity contribution is 0.141. The summed E-state index contributed by atoms with van der Waals surface area (Å²) in [7, 11) is 0. The molecule has 0 aliphatic rings. The van der Waals surface area contributed by atoms with E-state index in [-0.39, 0.29) is 0 Å². The monoisotopic (exact) mass is 185 g/mol. The van der Waals surface area contributed by atoms with Gasteiger partial charge < -0.3 is 4.84 Å². The number of halogens is 1. The molecular weight excluding hydrogens is 174 g/mol. The lowest BCUT2D eigenvalue weighted by atomic mass is 10.1. The SMILES string of the molecule is Cc1cccc(CCON)c1Cl. The average molecular weight is 186 g/mol. The lowest BCUT2D eigenvalue weighted by Gasteiger charge is -2.04. The van der Waals surface area contributed by atoms with Crippen LogP contribution >= 0.6 is 11.6 Å². The number of hydrogen-bond donors (Lipinski definition) is 1. The van der Waals surface area contributed by atoms with Crippen LogP contribution in [0.25, 0.3) is 0 Å². The highest BCUT2D eigenvalue weighted by Crippen LogP contribution is 2.20. The van der Waals surface area contributed by atoms with Crippen LogP contribution in [0.2, 0.25) is 5.02 Å². The molecular formula is C9H12ClNO. The first-order chi connectivity index (χ1) is 5.75. The molecule has 0 aliphatic heterocycles. The van der Waals surface area contributed by atoms with Crippen LogP contribution in [0.4, 0.5) is 0 Å². The molecule has 66 valence electrons. The lowest BCUT2D eigenvalue weighted by Crippen LogP contribution is -2.04. The highest BCUT2D eigenvalue weighted by Gasteiger charge is 2.01. The van der Waals surface area contributed by atoms with Crippen molar-refractivity contribution in [1.82, 2.24) is 0 Å². The quantitative estimate of drug-likeness (QED) is 0.732. The number of nitrogens with two attached hydrogens (primary N) is 1. The normalized spacial score (nSPS) is 10.2. The van der Waals surface area contributed by atoms with Gasteiger partial charge in [-0.1, -0.05) is 29.8 Å². The first-order valence-corrected chi connectivity index (χ1v) is 4.19. The standard InChI is InChI=1S/C9H12ClNO/c1-7-3-2-4-8(9(7)10)5-6-12-11/h2-4H,5-6,11H2,1H3. The van der Waals surface area contributed by atoms with Gasteiger partial charge in [0.05, 0.1) is 6.61 Å². The van der Waals surface area contributed by atoms with Gasteiger partial charge in [0, 0.05) is 5.02 Å². The average Bonchev–Trinajstić information content (AvgIpc) is 2.08. The summed E-state index contributed by atoms with van der Waals surface area (Å²) in [6, 6.07) is 5.94. The molecule has 0 aromatic heterocycles. The summed E-state index contributed by atoms with van der Waals surface area (Å²) in [4.78, 5) is 4.48. The third-order valence-electron chi connectivity index (χ3n) is 1.76. The van der Waals surface area contributed by atoms with E-state index in [4.69, 9.17) is 17.5 Å². The summed E-state index contributed by atoms with van der Waals surface area (Å²) >= 11 is 6.03. The van der Waals surface area contributed by atoms with Crippen LogP contribution in [0.1, 0.15) is 11.1 Å². The van der Waals surface area contributed by atoms with Gasteiger partial charge in [0.25, 0.3) is 0 Å². The minimum atomic E-state index is 0.503. The fourth-order valence-electron chi connectivity index (χ4n) is 1.07. The summed E-state index contributed by atoms with van der Waals surface area (Å²) in [6.45, 7) is 2.48. The molecule has 0 saturated heterocycles. The molecule has 0 radical (unpaired) electrons. The van der Waals surface area contributed by atoms with Crippen molar-refractivity contribution in [2.75, 3.05) is 6.61 Å². The molecule has 0 spiro atoms. The predicted molar refractivity (Wildman–Crippen MR) is 50.0 cm³/mol. The van der Waals surface area contributed by atoms with Gasteiger partial charge in [0.1, 0.15) is 0 Å². The molecule has 0 saturated carbocycles. The van der Waals surface area contributed by atoms with Crippen molar-refractivity contribution < 1.29 is 4.84 Å². The number of aryl methyl sites for hydroxylation is 1. The van der Waals surface area contributed by atoms with Crippen LogP contribution in [0, 0.1) is 6.92 Å². The van der Waals surface area contributed by atoms with Crippen LogP contribution in [-0.2, 0) is 11.3 Å². The molecule has 1 aromatic rings. The van der Waals surface area contributed by atoms with Crippen molar-refractivity contribution in [3.05, 3.63) is 34.3 Å². The van der Waals surface area contributed by atoms with Crippen molar-refractivity contribution >= 4 is 11.6 Å². The van der Waals surface area contributed by atoms with Gasteiger partial charge in [-0.3, -0.25) is 0 Å². The van der Waals surface area contributed by atoms with Crippen molar-refractivity contribution in [3.63, 3.8) is 0 Å². The van der Waals surface area contributed by atoms with Gasteiger partial charge in [-0.05, 0) is 24.5 Å². The molecule has 2 nitrogen and oxygen atoms in total. The summed E-state index contributed by atoms with van der Waals surface area (Å²) in [5.41, 5.74) is 2.17. The summed E-state index contributed by atoms with van der Waals surface area (Å²) < 4.78 is 0. The highest BCUT2D eigenvalue weighted by molar-refractivity contribution is 6.32. The molecule has 0 aliphatic carbocycles. The Bertz CT molecular complexity index is 263. The molecule has 0 atom stereocenters. The van der Waals surface area contributed by atoms with E-state index in [2.05, 4.69) is 4.84 Å². The van der Waals surface area contributed by atoms with E-state index >= 15 is 0 Å². The van der Waals surface area contributed by atoms with Gasteiger partial charge >= 0.3 is 0 Å². The third kappa shape index (κ3) is 2.21. The Kier molecular flexibility index (Phi) is 3.53. The second kappa shape index (κ2) is 4.45. The van der Waals surface area contributed by atoms with Crippen molar-refractivity contribution in [3.8, 4) is 0 Å². The fraction of sp³-hybridized carbons (Fsp3) is 0.333. The topological polar surface area (TPSA) is 35.2 Å². The Morgan fingerprint density at radius 2 is 2.25 bits per heavy atom. The second-order valence-electron chi connectivity index (χ2n) is 2.67. The Labute approximate surface area is 77.2 Å². The van der Waals surface area contributed by atoms with E-state index in [1.165, 1.54) is 0 Å². The minimum Gasteiger partial charge on any atom is -0.304 e. The van der Waals surface area contributed by atoms with Gasteiger partial charge in [0.15, 0.2) is 0 Å². The Hall–Kier alpha value is -0.570. The number of benzene rings is 1. The van der Waals surface area contributed by atoms with Crippen LogP contribution in [-0.4, -0.2) is 6.61 Å². The maximum Gasteiger partial charge on any atom is 0.0720 e. The second-order valence-corrected chi connectivity index (χ2v) is 3.05. The molecule has 0 bridgehead atoms. The Morgan fingerprint density at radius 1 is 1.50 bits per heavy atom. The van der Waals surface area contributed by atoms with Gasteiger partial charge in [0.2, 0.25) is 0 Å². The molecule has 0 amide bonds. The molecule has 0 heterocycles. The van der Waals surface area contributed by atoms with E-state index in [1.807, 2.05) is 25.1 Å². The molecule has 1 aromatic carbocycles. The Balaban J connectivity index is 2.78. The molecule has 12 heavy (non-hydrogen) atoms. The third-order valence-corrected chi connectivity index (χ3v) is 2.30. The molecule has 0 fully saturated rings. The maximum atomic E-state index is 6.03. The molecule has 0 unspecified atom stereocenters. The first-order valence-electron chi connectivity index (χ1n) is 3.81. The van der Waals surface area contributed by atoms with Crippen LogP contribution in [0.15, 0.2) is 18.2 Å². The molecule has 2 N–H and O–H groups in total. The maximum absolute atomic E-state index is 6.03. The zero-order valence-corrected chi connectivity index (χ0v) is 7.77. The first kappa shape index (κ1) is 9.52.